The van der Waals surface area contributed by atoms with Crippen molar-refractivity contribution in [2.75, 3.05) is 23.8 Å². The van der Waals surface area contributed by atoms with E-state index in [2.05, 4.69) is 5.32 Å². The van der Waals surface area contributed by atoms with Crippen LogP contribution in [0.1, 0.15) is 11.1 Å². The Morgan fingerprint density at radius 1 is 1.00 bits per heavy atom. The van der Waals surface area contributed by atoms with Crippen molar-refractivity contribution < 1.29 is 14.4 Å². The molecule has 1 N–H and O–H groups in total. The van der Waals surface area contributed by atoms with Gasteiger partial charge in [-0.1, -0.05) is 35.9 Å². The van der Waals surface area contributed by atoms with Gasteiger partial charge in [0.25, 0.3) is 0 Å². The van der Waals surface area contributed by atoms with Gasteiger partial charge in [0, 0.05) is 17.8 Å². The lowest BCUT2D eigenvalue weighted by Crippen LogP contribution is -2.52. The number of nitrogens with zero attached hydrogens (tertiary/aromatic N) is 2. The average molecular weight is 361 g/mol. The smallest absolute Gasteiger partial charge is 0.250 e. The molecule has 2 saturated heterocycles. The fraction of sp³-hybridized carbons (Fsp3) is 0.286. The molecule has 2 fully saturated rings. The SMILES string of the molecule is Cc1ccc(N2C(=O)C3CN(C)C4(C(=O)Nc5ccccc54)C3C2=O)cc1. The van der Waals surface area contributed by atoms with Gasteiger partial charge in [0.2, 0.25) is 17.7 Å². The summed E-state index contributed by atoms with van der Waals surface area (Å²) in [4.78, 5) is 42.8. The summed E-state index contributed by atoms with van der Waals surface area (Å²) in [6, 6.07) is 14.7. The average Bonchev–Trinajstić information content (AvgIpc) is 3.21. The van der Waals surface area contributed by atoms with Crippen molar-refractivity contribution in [1.29, 1.82) is 0 Å². The molecule has 3 atom stereocenters. The molecule has 3 heterocycles. The van der Waals surface area contributed by atoms with Crippen LogP contribution in [-0.4, -0.2) is 36.2 Å². The second-order valence-electron chi connectivity index (χ2n) is 7.58. The Balaban J connectivity index is 1.66. The van der Waals surface area contributed by atoms with E-state index in [9.17, 15) is 14.4 Å². The molecule has 3 amide bonds. The third-order valence-electron chi connectivity index (χ3n) is 6.17. The molecule has 0 radical (unpaired) electrons. The highest BCUT2D eigenvalue weighted by molar-refractivity contribution is 6.25. The molecule has 2 aromatic rings. The molecular formula is C21H19N3O3. The standard InChI is InChI=1S/C21H19N3O3/c1-12-7-9-13(10-8-12)24-18(25)14-11-23(2)21(17(14)19(24)26)15-5-3-4-6-16(15)22-20(21)27/h3-10,14,17H,11H2,1-2H3,(H,22,27). The maximum Gasteiger partial charge on any atom is 0.250 e. The maximum absolute atomic E-state index is 13.4. The molecule has 136 valence electrons. The molecule has 3 unspecified atom stereocenters. The van der Waals surface area contributed by atoms with Crippen molar-refractivity contribution in [3.8, 4) is 0 Å². The summed E-state index contributed by atoms with van der Waals surface area (Å²) in [7, 11) is 1.82. The first kappa shape index (κ1) is 16.2. The molecule has 0 aliphatic carbocycles. The van der Waals surface area contributed by atoms with Crippen LogP contribution in [0.4, 0.5) is 11.4 Å². The first-order valence-electron chi connectivity index (χ1n) is 9.03. The van der Waals surface area contributed by atoms with E-state index in [-0.39, 0.29) is 17.7 Å². The van der Waals surface area contributed by atoms with E-state index in [1.807, 2.05) is 55.3 Å². The Kier molecular flexibility index (Phi) is 3.16. The van der Waals surface area contributed by atoms with Gasteiger partial charge in [0.1, 0.15) is 5.54 Å². The fourth-order valence-electron chi connectivity index (χ4n) is 4.96. The van der Waals surface area contributed by atoms with Crippen LogP contribution in [0.2, 0.25) is 0 Å². The lowest BCUT2D eigenvalue weighted by Gasteiger charge is -2.34. The number of anilines is 2. The highest BCUT2D eigenvalue weighted by atomic mass is 16.2. The van der Waals surface area contributed by atoms with E-state index >= 15 is 0 Å². The van der Waals surface area contributed by atoms with Crippen LogP contribution in [0.5, 0.6) is 0 Å². The minimum atomic E-state index is -1.13. The third kappa shape index (κ3) is 1.85. The Bertz CT molecular complexity index is 1000. The quantitative estimate of drug-likeness (QED) is 0.788. The number of likely N-dealkylation sites (tertiary alicyclic amines) is 1. The highest BCUT2D eigenvalue weighted by Gasteiger charge is 2.70. The number of fused-ring (bicyclic) bond motifs is 4. The lowest BCUT2D eigenvalue weighted by molar-refractivity contribution is -0.134. The summed E-state index contributed by atoms with van der Waals surface area (Å²) in [6.07, 6.45) is 0. The van der Waals surface area contributed by atoms with E-state index in [0.29, 0.717) is 17.9 Å². The van der Waals surface area contributed by atoms with E-state index in [1.165, 1.54) is 4.90 Å². The van der Waals surface area contributed by atoms with Crippen LogP contribution in [0, 0.1) is 18.8 Å². The zero-order valence-corrected chi connectivity index (χ0v) is 15.1. The Hall–Kier alpha value is -2.99. The lowest BCUT2D eigenvalue weighted by atomic mass is 9.77. The summed E-state index contributed by atoms with van der Waals surface area (Å²) in [5.41, 5.74) is 1.97. The number of amides is 3. The number of benzene rings is 2. The number of hydrogen-bond acceptors (Lipinski definition) is 4. The number of carbonyl (C=O) groups is 3. The van der Waals surface area contributed by atoms with Crippen LogP contribution in [0.3, 0.4) is 0 Å². The van der Waals surface area contributed by atoms with Crippen molar-refractivity contribution in [3.63, 3.8) is 0 Å². The van der Waals surface area contributed by atoms with Crippen LogP contribution in [-0.2, 0) is 19.9 Å². The summed E-state index contributed by atoms with van der Waals surface area (Å²) in [5.74, 6) is -2.01. The monoisotopic (exact) mass is 361 g/mol. The number of imide groups is 1. The van der Waals surface area contributed by atoms with Crippen molar-refractivity contribution in [1.82, 2.24) is 4.90 Å². The third-order valence-corrected chi connectivity index (χ3v) is 6.17. The Labute approximate surface area is 156 Å². The number of aryl methyl sites for hydroxylation is 1. The molecule has 1 spiro atoms. The second kappa shape index (κ2) is 5.27. The molecule has 0 bridgehead atoms. The highest BCUT2D eigenvalue weighted by Crippen LogP contribution is 2.55. The molecule has 0 saturated carbocycles. The van der Waals surface area contributed by atoms with Gasteiger partial charge < -0.3 is 5.32 Å². The first-order valence-corrected chi connectivity index (χ1v) is 9.03. The number of para-hydroxylation sites is 1. The van der Waals surface area contributed by atoms with Crippen LogP contribution in [0.15, 0.2) is 48.5 Å². The summed E-state index contributed by atoms with van der Waals surface area (Å²) >= 11 is 0. The van der Waals surface area contributed by atoms with Crippen molar-refractivity contribution in [2.45, 2.75) is 12.5 Å². The molecule has 2 aromatic carbocycles. The number of carbonyl (C=O) groups excluding carboxylic acids is 3. The van der Waals surface area contributed by atoms with Gasteiger partial charge in [-0.3, -0.25) is 19.3 Å². The van der Waals surface area contributed by atoms with E-state index in [4.69, 9.17) is 0 Å². The zero-order valence-electron chi connectivity index (χ0n) is 15.1. The van der Waals surface area contributed by atoms with Crippen LogP contribution < -0.4 is 10.2 Å². The van der Waals surface area contributed by atoms with Gasteiger partial charge in [-0.25, -0.2) is 4.90 Å². The van der Waals surface area contributed by atoms with Gasteiger partial charge in [-0.05, 0) is 32.2 Å². The minimum absolute atomic E-state index is 0.227. The molecule has 3 aliphatic heterocycles. The summed E-state index contributed by atoms with van der Waals surface area (Å²) in [6.45, 7) is 2.33. The normalized spacial score (nSPS) is 29.4. The first-order chi connectivity index (χ1) is 13.0. The molecule has 0 aromatic heterocycles. The number of hydrogen-bond donors (Lipinski definition) is 1. The van der Waals surface area contributed by atoms with Gasteiger partial charge >= 0.3 is 0 Å². The molecule has 27 heavy (non-hydrogen) atoms. The topological polar surface area (TPSA) is 69.7 Å². The Morgan fingerprint density at radius 3 is 2.44 bits per heavy atom. The predicted molar refractivity (Wildman–Crippen MR) is 100 cm³/mol. The van der Waals surface area contributed by atoms with Crippen molar-refractivity contribution >= 4 is 29.1 Å². The van der Waals surface area contributed by atoms with Crippen LogP contribution in [0.25, 0.3) is 0 Å². The second-order valence-corrected chi connectivity index (χ2v) is 7.58. The molecule has 6 heteroatoms. The van der Waals surface area contributed by atoms with E-state index in [0.717, 1.165) is 11.1 Å². The largest absolute Gasteiger partial charge is 0.324 e. The Morgan fingerprint density at radius 2 is 1.70 bits per heavy atom. The van der Waals surface area contributed by atoms with Crippen LogP contribution >= 0.6 is 0 Å². The van der Waals surface area contributed by atoms with Crippen molar-refractivity contribution in [3.05, 3.63) is 59.7 Å². The minimum Gasteiger partial charge on any atom is -0.324 e. The maximum atomic E-state index is 13.4. The zero-order chi connectivity index (χ0) is 18.9. The van der Waals surface area contributed by atoms with E-state index < -0.39 is 17.4 Å². The number of likely N-dealkylation sites (N-methyl/N-ethyl adjacent to an activating group) is 1. The van der Waals surface area contributed by atoms with Gasteiger partial charge in [-0.2, -0.15) is 0 Å². The molecule has 5 rings (SSSR count). The van der Waals surface area contributed by atoms with Gasteiger partial charge in [0.15, 0.2) is 0 Å². The summed E-state index contributed by atoms with van der Waals surface area (Å²) in [5, 5.41) is 2.91. The van der Waals surface area contributed by atoms with Gasteiger partial charge in [0.05, 0.1) is 17.5 Å². The molecule has 6 nitrogen and oxygen atoms in total. The summed E-state index contributed by atoms with van der Waals surface area (Å²) < 4.78 is 0. The molecular weight excluding hydrogens is 342 g/mol. The number of nitrogens with one attached hydrogen (secondary N) is 1. The van der Waals surface area contributed by atoms with E-state index in [1.54, 1.807) is 12.1 Å². The molecule has 3 aliphatic rings. The van der Waals surface area contributed by atoms with Gasteiger partial charge in [-0.15, -0.1) is 0 Å². The fourth-order valence-corrected chi connectivity index (χ4v) is 4.96. The predicted octanol–water partition coefficient (Wildman–Crippen LogP) is 1.89. The number of rotatable bonds is 1. The van der Waals surface area contributed by atoms with Crippen molar-refractivity contribution in [2.24, 2.45) is 11.8 Å².